The zero-order valence-corrected chi connectivity index (χ0v) is 13.1. The van der Waals surface area contributed by atoms with Crippen molar-refractivity contribution in [1.82, 2.24) is 10.3 Å². The van der Waals surface area contributed by atoms with Crippen molar-refractivity contribution in [2.24, 2.45) is 5.92 Å². The number of carbonyl (C=O) groups is 2. The highest BCUT2D eigenvalue weighted by Gasteiger charge is 2.29. The third kappa shape index (κ3) is 4.07. The van der Waals surface area contributed by atoms with Crippen LogP contribution < -0.4 is 10.6 Å². The van der Waals surface area contributed by atoms with Gasteiger partial charge in [0, 0.05) is 24.2 Å². The van der Waals surface area contributed by atoms with Crippen molar-refractivity contribution >= 4 is 29.1 Å². The molecule has 1 aliphatic carbocycles. The maximum atomic E-state index is 12.2. The Morgan fingerprint density at radius 3 is 2.57 bits per heavy atom. The van der Waals surface area contributed by atoms with Crippen LogP contribution in [-0.2, 0) is 11.3 Å². The molecule has 23 heavy (non-hydrogen) atoms. The van der Waals surface area contributed by atoms with Crippen molar-refractivity contribution in [2.45, 2.75) is 19.4 Å². The van der Waals surface area contributed by atoms with Gasteiger partial charge in [-0.15, -0.1) is 0 Å². The highest BCUT2D eigenvalue weighted by molar-refractivity contribution is 6.32. The molecule has 0 unspecified atom stereocenters. The summed E-state index contributed by atoms with van der Waals surface area (Å²) in [5.74, 6) is 0.0517. The minimum atomic E-state index is -0.256. The molecule has 5 nitrogen and oxygen atoms in total. The Bertz CT molecular complexity index is 727. The van der Waals surface area contributed by atoms with E-state index in [0.717, 1.165) is 18.4 Å². The molecular weight excluding hydrogens is 314 g/mol. The van der Waals surface area contributed by atoms with Gasteiger partial charge in [-0.2, -0.15) is 0 Å². The molecule has 3 rings (SSSR count). The summed E-state index contributed by atoms with van der Waals surface area (Å²) in [6.07, 6.45) is 3.53. The van der Waals surface area contributed by atoms with Gasteiger partial charge in [-0.1, -0.05) is 23.7 Å². The summed E-state index contributed by atoms with van der Waals surface area (Å²) in [5.41, 5.74) is 1.94. The fourth-order valence-electron chi connectivity index (χ4n) is 2.13. The van der Waals surface area contributed by atoms with Crippen molar-refractivity contribution in [3.63, 3.8) is 0 Å². The Balaban J connectivity index is 1.58. The molecular formula is C17H16ClN3O2. The second-order valence-electron chi connectivity index (χ2n) is 5.48. The maximum absolute atomic E-state index is 12.2. The molecule has 0 spiro atoms. The van der Waals surface area contributed by atoms with Crippen molar-refractivity contribution in [3.8, 4) is 0 Å². The first-order chi connectivity index (χ1) is 11.1. The molecule has 0 radical (unpaired) electrons. The molecule has 2 aromatic rings. The number of nitrogens with zero attached hydrogens (tertiary/aromatic N) is 1. The van der Waals surface area contributed by atoms with E-state index in [9.17, 15) is 9.59 Å². The molecule has 2 N–H and O–H groups in total. The number of carbonyl (C=O) groups excluding carboxylic acids is 2. The quantitative estimate of drug-likeness (QED) is 0.828. The zero-order chi connectivity index (χ0) is 16.2. The fraction of sp³-hybridized carbons (Fsp3) is 0.235. The van der Waals surface area contributed by atoms with E-state index in [1.807, 2.05) is 12.1 Å². The van der Waals surface area contributed by atoms with Gasteiger partial charge in [-0.25, -0.2) is 4.98 Å². The van der Waals surface area contributed by atoms with Crippen molar-refractivity contribution in [1.29, 1.82) is 0 Å². The molecule has 1 saturated carbocycles. The van der Waals surface area contributed by atoms with Gasteiger partial charge in [-0.3, -0.25) is 9.59 Å². The SMILES string of the molecule is O=C(Nc1cccnc1Cl)c1ccc(CNC(=O)C2CC2)cc1. The first kappa shape index (κ1) is 15.5. The van der Waals surface area contributed by atoms with Crippen LogP contribution in [0.3, 0.4) is 0 Å². The van der Waals surface area contributed by atoms with E-state index in [4.69, 9.17) is 11.6 Å². The van der Waals surface area contributed by atoms with Gasteiger partial charge in [0.25, 0.3) is 5.91 Å². The van der Waals surface area contributed by atoms with Crippen LogP contribution in [-0.4, -0.2) is 16.8 Å². The van der Waals surface area contributed by atoms with Gasteiger partial charge in [0.2, 0.25) is 5.91 Å². The predicted octanol–water partition coefficient (Wildman–Crippen LogP) is 3.01. The van der Waals surface area contributed by atoms with Crippen LogP contribution in [0.4, 0.5) is 5.69 Å². The number of halogens is 1. The molecule has 6 heteroatoms. The van der Waals surface area contributed by atoms with Crippen LogP contribution in [0.15, 0.2) is 42.6 Å². The Morgan fingerprint density at radius 2 is 1.91 bits per heavy atom. The van der Waals surface area contributed by atoms with E-state index in [1.165, 1.54) is 0 Å². The van der Waals surface area contributed by atoms with E-state index in [-0.39, 0.29) is 22.9 Å². The maximum Gasteiger partial charge on any atom is 0.255 e. The number of anilines is 1. The Hall–Kier alpha value is -2.40. The predicted molar refractivity (Wildman–Crippen MR) is 88.2 cm³/mol. The Morgan fingerprint density at radius 1 is 1.17 bits per heavy atom. The summed E-state index contributed by atoms with van der Waals surface area (Å²) in [7, 11) is 0. The van der Waals surface area contributed by atoms with Crippen LogP contribution in [0, 0.1) is 5.92 Å². The zero-order valence-electron chi connectivity index (χ0n) is 12.4. The number of rotatable bonds is 5. The summed E-state index contributed by atoms with van der Waals surface area (Å²) < 4.78 is 0. The second-order valence-corrected chi connectivity index (χ2v) is 5.84. The van der Waals surface area contributed by atoms with Crippen LogP contribution in [0.2, 0.25) is 5.15 Å². The molecule has 1 aliphatic rings. The highest BCUT2D eigenvalue weighted by Crippen LogP contribution is 2.28. The highest BCUT2D eigenvalue weighted by atomic mass is 35.5. The molecule has 1 aromatic heterocycles. The van der Waals surface area contributed by atoms with Crippen LogP contribution in [0.1, 0.15) is 28.8 Å². The van der Waals surface area contributed by atoms with Gasteiger partial charge in [0.15, 0.2) is 5.15 Å². The first-order valence-electron chi connectivity index (χ1n) is 7.42. The number of amides is 2. The van der Waals surface area contributed by atoms with Crippen molar-refractivity contribution < 1.29 is 9.59 Å². The molecule has 0 atom stereocenters. The molecule has 0 bridgehead atoms. The minimum Gasteiger partial charge on any atom is -0.352 e. The first-order valence-corrected chi connectivity index (χ1v) is 7.80. The van der Waals surface area contributed by atoms with Crippen LogP contribution in [0.5, 0.6) is 0 Å². The van der Waals surface area contributed by atoms with Gasteiger partial charge in [0.1, 0.15) is 0 Å². The van der Waals surface area contributed by atoms with Gasteiger partial charge in [0.05, 0.1) is 5.69 Å². The summed E-state index contributed by atoms with van der Waals surface area (Å²) in [6.45, 7) is 0.478. The molecule has 118 valence electrons. The lowest BCUT2D eigenvalue weighted by Crippen LogP contribution is -2.24. The molecule has 0 aliphatic heterocycles. The lowest BCUT2D eigenvalue weighted by Gasteiger charge is -2.08. The number of nitrogens with one attached hydrogen (secondary N) is 2. The topological polar surface area (TPSA) is 71.1 Å². The molecule has 2 amide bonds. The van der Waals surface area contributed by atoms with Crippen molar-refractivity contribution in [2.75, 3.05) is 5.32 Å². The third-order valence-electron chi connectivity index (χ3n) is 3.64. The van der Waals surface area contributed by atoms with Crippen molar-refractivity contribution in [3.05, 3.63) is 58.9 Å². The normalized spacial score (nSPS) is 13.4. The Kier molecular flexibility index (Phi) is 4.57. The number of aromatic nitrogens is 1. The van der Waals surface area contributed by atoms with Crippen LogP contribution >= 0.6 is 11.6 Å². The minimum absolute atomic E-state index is 0.109. The second kappa shape index (κ2) is 6.79. The van der Waals surface area contributed by atoms with E-state index in [0.29, 0.717) is 17.8 Å². The third-order valence-corrected chi connectivity index (χ3v) is 3.94. The number of hydrogen-bond donors (Lipinski definition) is 2. The summed E-state index contributed by atoms with van der Waals surface area (Å²) >= 11 is 5.92. The smallest absolute Gasteiger partial charge is 0.255 e. The lowest BCUT2D eigenvalue weighted by molar-refractivity contribution is -0.122. The van der Waals surface area contributed by atoms with E-state index in [2.05, 4.69) is 15.6 Å². The van der Waals surface area contributed by atoms with E-state index < -0.39 is 0 Å². The average molecular weight is 330 g/mol. The van der Waals surface area contributed by atoms with Gasteiger partial charge < -0.3 is 10.6 Å². The van der Waals surface area contributed by atoms with E-state index in [1.54, 1.807) is 30.5 Å². The number of hydrogen-bond acceptors (Lipinski definition) is 3. The summed E-state index contributed by atoms with van der Waals surface area (Å²) in [5, 5.41) is 5.86. The number of benzene rings is 1. The number of pyridine rings is 1. The molecule has 1 heterocycles. The molecule has 0 saturated heterocycles. The molecule has 1 aromatic carbocycles. The van der Waals surface area contributed by atoms with Gasteiger partial charge in [-0.05, 0) is 42.7 Å². The standard InChI is InChI=1S/C17H16ClN3O2/c18-15-14(2-1-9-19-15)21-17(23)13-5-3-11(4-6-13)10-20-16(22)12-7-8-12/h1-6,9,12H,7-8,10H2,(H,20,22)(H,21,23). The summed E-state index contributed by atoms with van der Waals surface area (Å²) in [6, 6.07) is 10.5. The Labute approximate surface area is 139 Å². The van der Waals surface area contributed by atoms with Gasteiger partial charge >= 0.3 is 0 Å². The molecule has 1 fully saturated rings. The monoisotopic (exact) mass is 329 g/mol. The largest absolute Gasteiger partial charge is 0.352 e. The fourth-order valence-corrected chi connectivity index (χ4v) is 2.29. The van der Waals surface area contributed by atoms with Crippen LogP contribution in [0.25, 0.3) is 0 Å². The average Bonchev–Trinajstić information content (AvgIpc) is 3.40. The van der Waals surface area contributed by atoms with E-state index >= 15 is 0 Å². The lowest BCUT2D eigenvalue weighted by atomic mass is 10.1. The summed E-state index contributed by atoms with van der Waals surface area (Å²) in [4.78, 5) is 27.7.